The van der Waals surface area contributed by atoms with Crippen LogP contribution in [0, 0.1) is 13.8 Å². The third-order valence-corrected chi connectivity index (χ3v) is 10.4. The van der Waals surface area contributed by atoms with Crippen LogP contribution < -0.4 is 0 Å². The number of hydrogen-bond acceptors (Lipinski definition) is 3. The van der Waals surface area contributed by atoms with E-state index in [0.29, 0.717) is 5.75 Å². The summed E-state index contributed by atoms with van der Waals surface area (Å²) in [5.41, 5.74) is 17.0. The molecule has 0 fully saturated rings. The Morgan fingerprint density at radius 2 is 1.25 bits per heavy atom. The minimum atomic E-state index is -0.225. The summed E-state index contributed by atoms with van der Waals surface area (Å²) in [5, 5.41) is 11.9. The molecule has 51 heavy (non-hydrogen) atoms. The Morgan fingerprint density at radius 1 is 0.588 bits per heavy atom. The second-order valence-corrected chi connectivity index (χ2v) is 16.2. The Kier molecular flexibility index (Phi) is 8.58. The average Bonchev–Trinajstić information content (AvgIpc) is 3.43. The largest absolute Gasteiger partial charge is 0.507 e. The van der Waals surface area contributed by atoms with E-state index < -0.39 is 0 Å². The molecule has 0 saturated carbocycles. The van der Waals surface area contributed by atoms with Gasteiger partial charge in [-0.05, 0) is 111 Å². The van der Waals surface area contributed by atoms with Gasteiger partial charge >= 0.3 is 0 Å². The van der Waals surface area contributed by atoms with Gasteiger partial charge in [0.05, 0.1) is 17.1 Å². The molecule has 0 bridgehead atoms. The van der Waals surface area contributed by atoms with Crippen molar-refractivity contribution < 1.29 is 5.11 Å². The Morgan fingerprint density at radius 3 is 1.94 bits per heavy atom. The number of nitrogens with zero attached hydrogens (tertiary/aromatic N) is 2. The highest BCUT2D eigenvalue weighted by Gasteiger charge is 2.32. The fraction of sp³-hybridized carbons (Fsp3) is 0.250. The van der Waals surface area contributed by atoms with E-state index in [0.717, 1.165) is 61.6 Å². The lowest BCUT2D eigenvalue weighted by Crippen LogP contribution is -2.19. The van der Waals surface area contributed by atoms with Crippen LogP contribution in [0.15, 0.2) is 120 Å². The van der Waals surface area contributed by atoms with E-state index in [-0.39, 0.29) is 16.7 Å². The van der Waals surface area contributed by atoms with Crippen LogP contribution in [0.2, 0.25) is 0 Å². The Bertz CT molecular complexity index is 2300. The standard InChI is InChI=1S/C48H48N2O/c1-29-15-13-16-30(2)43(29)36-24-34(23-35(25-36)42-26-33(21-22-49-42)32-17-11-10-12-18-32)39-20-14-19-38-31(3)44(50-45(38)39)40-27-37(47(4,5)6)28-41(46(40)51)48(7,8)9/h10-28,31,51H,1-9H3. The minimum absolute atomic E-state index is 0.0133. The number of phenolic OH excluding ortho intramolecular Hbond substituents is 1. The first-order valence-electron chi connectivity index (χ1n) is 18.0. The topological polar surface area (TPSA) is 45.5 Å². The molecule has 1 atom stereocenters. The summed E-state index contributed by atoms with van der Waals surface area (Å²) < 4.78 is 0. The number of aromatic hydroxyl groups is 1. The molecular formula is C48H48N2O. The second-order valence-electron chi connectivity index (χ2n) is 16.2. The molecular weight excluding hydrogens is 621 g/mol. The summed E-state index contributed by atoms with van der Waals surface area (Å²) in [6.07, 6.45) is 1.91. The quantitative estimate of drug-likeness (QED) is 0.199. The van der Waals surface area contributed by atoms with Crippen molar-refractivity contribution in [1.82, 2.24) is 4.98 Å². The van der Waals surface area contributed by atoms with Crippen LogP contribution in [0.1, 0.15) is 87.8 Å². The Labute approximate surface area is 303 Å². The van der Waals surface area contributed by atoms with Crippen LogP contribution >= 0.6 is 0 Å². The highest BCUT2D eigenvalue weighted by molar-refractivity contribution is 6.13. The van der Waals surface area contributed by atoms with Gasteiger partial charge in [-0.3, -0.25) is 9.98 Å². The van der Waals surface area contributed by atoms with E-state index in [1.165, 1.54) is 27.8 Å². The van der Waals surface area contributed by atoms with Crippen molar-refractivity contribution >= 4 is 11.4 Å². The fourth-order valence-electron chi connectivity index (χ4n) is 7.50. The number of phenols is 1. The number of aromatic nitrogens is 1. The van der Waals surface area contributed by atoms with Gasteiger partial charge in [0.15, 0.2) is 0 Å². The van der Waals surface area contributed by atoms with Crippen molar-refractivity contribution in [3.8, 4) is 50.4 Å². The zero-order valence-electron chi connectivity index (χ0n) is 31.4. The predicted octanol–water partition coefficient (Wildman–Crippen LogP) is 12.9. The molecule has 1 aromatic heterocycles. The second kappa shape index (κ2) is 12.8. The van der Waals surface area contributed by atoms with Gasteiger partial charge in [0.2, 0.25) is 0 Å². The summed E-state index contributed by atoms with van der Waals surface area (Å²) in [4.78, 5) is 10.3. The van der Waals surface area contributed by atoms with E-state index in [2.05, 4.69) is 165 Å². The first kappa shape index (κ1) is 34.2. The number of benzene rings is 5. The van der Waals surface area contributed by atoms with E-state index in [9.17, 15) is 5.11 Å². The molecule has 0 amide bonds. The molecule has 3 nitrogen and oxygen atoms in total. The molecule has 256 valence electrons. The first-order valence-corrected chi connectivity index (χ1v) is 18.0. The maximum Gasteiger partial charge on any atom is 0.128 e. The van der Waals surface area contributed by atoms with Gasteiger partial charge in [-0.2, -0.15) is 0 Å². The molecule has 6 aromatic rings. The zero-order valence-corrected chi connectivity index (χ0v) is 31.4. The lowest BCUT2D eigenvalue weighted by Gasteiger charge is -2.28. The van der Waals surface area contributed by atoms with Crippen molar-refractivity contribution in [3.63, 3.8) is 0 Å². The first-order chi connectivity index (χ1) is 24.2. The van der Waals surface area contributed by atoms with Gasteiger partial charge in [-0.25, -0.2) is 0 Å². The number of rotatable bonds is 5. The van der Waals surface area contributed by atoms with Crippen LogP contribution in [0.3, 0.4) is 0 Å². The van der Waals surface area contributed by atoms with Gasteiger partial charge in [-0.15, -0.1) is 0 Å². The van der Waals surface area contributed by atoms with Crippen molar-refractivity contribution in [2.45, 2.75) is 79.1 Å². The summed E-state index contributed by atoms with van der Waals surface area (Å²) in [6, 6.07) is 39.0. The molecule has 1 N–H and O–H groups in total. The van der Waals surface area contributed by atoms with Crippen LogP contribution in [-0.4, -0.2) is 15.8 Å². The van der Waals surface area contributed by atoms with E-state index in [4.69, 9.17) is 9.98 Å². The maximum absolute atomic E-state index is 11.9. The van der Waals surface area contributed by atoms with E-state index in [1.807, 2.05) is 12.3 Å². The summed E-state index contributed by atoms with van der Waals surface area (Å²) in [7, 11) is 0. The van der Waals surface area contributed by atoms with Gasteiger partial charge in [0.25, 0.3) is 0 Å². The van der Waals surface area contributed by atoms with Crippen molar-refractivity contribution in [1.29, 1.82) is 0 Å². The maximum atomic E-state index is 11.9. The Hall–Kier alpha value is -5.28. The van der Waals surface area contributed by atoms with Crippen LogP contribution in [0.25, 0.3) is 44.6 Å². The normalized spacial score (nSPS) is 14.4. The van der Waals surface area contributed by atoms with Crippen molar-refractivity contribution in [3.05, 3.63) is 149 Å². The highest BCUT2D eigenvalue weighted by Crippen LogP contribution is 2.48. The zero-order chi connectivity index (χ0) is 36.2. The van der Waals surface area contributed by atoms with Crippen molar-refractivity contribution in [2.24, 2.45) is 4.99 Å². The smallest absolute Gasteiger partial charge is 0.128 e. The molecule has 0 aliphatic carbocycles. The van der Waals surface area contributed by atoms with Gasteiger partial charge in [0, 0.05) is 34.4 Å². The summed E-state index contributed by atoms with van der Waals surface area (Å²) in [6.45, 7) is 19.8. The number of fused-ring (bicyclic) bond motifs is 1. The molecule has 0 saturated heterocycles. The lowest BCUT2D eigenvalue weighted by atomic mass is 9.77. The van der Waals surface area contributed by atoms with Gasteiger partial charge in [-0.1, -0.05) is 121 Å². The number of hydrogen-bond donors (Lipinski definition) is 1. The molecule has 3 heteroatoms. The molecule has 1 unspecified atom stereocenters. The van der Waals surface area contributed by atoms with E-state index in [1.54, 1.807) is 0 Å². The number of aryl methyl sites for hydroxylation is 2. The van der Waals surface area contributed by atoms with Crippen LogP contribution in [0.5, 0.6) is 5.75 Å². The van der Waals surface area contributed by atoms with Gasteiger partial charge < -0.3 is 5.11 Å². The fourth-order valence-corrected chi connectivity index (χ4v) is 7.50. The average molecular weight is 669 g/mol. The SMILES string of the molecule is Cc1cccc(C)c1-c1cc(-c2cc(-c3ccccc3)ccn2)cc(-c2cccc3c2N=C(c2cc(C(C)(C)C)cc(C(C)(C)C)c2O)C3C)c1. The number of aliphatic imine (C=N–C) groups is 1. The molecule has 1 aliphatic rings. The third kappa shape index (κ3) is 6.42. The minimum Gasteiger partial charge on any atom is -0.507 e. The molecule has 1 aliphatic heterocycles. The number of pyridine rings is 1. The van der Waals surface area contributed by atoms with Crippen LogP contribution in [-0.2, 0) is 10.8 Å². The predicted molar refractivity (Wildman–Crippen MR) is 216 cm³/mol. The lowest BCUT2D eigenvalue weighted by molar-refractivity contribution is 0.443. The van der Waals surface area contributed by atoms with E-state index >= 15 is 0 Å². The van der Waals surface area contributed by atoms with Crippen molar-refractivity contribution in [2.75, 3.05) is 0 Å². The van der Waals surface area contributed by atoms with Gasteiger partial charge in [0.1, 0.15) is 5.75 Å². The highest BCUT2D eigenvalue weighted by atomic mass is 16.3. The molecule has 0 radical (unpaired) electrons. The molecule has 7 rings (SSSR count). The summed E-state index contributed by atoms with van der Waals surface area (Å²) in [5.74, 6) is 0.346. The number of para-hydroxylation sites is 1. The molecule has 0 spiro atoms. The molecule has 2 heterocycles. The van der Waals surface area contributed by atoms with Crippen LogP contribution in [0.4, 0.5) is 5.69 Å². The molecule has 5 aromatic carbocycles. The third-order valence-electron chi connectivity index (χ3n) is 10.4. The Balaban J connectivity index is 1.44. The summed E-state index contributed by atoms with van der Waals surface area (Å²) >= 11 is 0. The monoisotopic (exact) mass is 668 g/mol.